The molecule has 2 nitrogen and oxygen atoms in total. The molecule has 0 atom stereocenters. The van der Waals surface area contributed by atoms with Crippen molar-refractivity contribution in [3.63, 3.8) is 0 Å². The van der Waals surface area contributed by atoms with Crippen LogP contribution in [0.5, 0.6) is 0 Å². The third-order valence-corrected chi connectivity index (χ3v) is 3.36. The lowest BCUT2D eigenvalue weighted by Gasteiger charge is -2.39. The maximum atomic E-state index is 12.8. The number of alkyl halides is 3. The van der Waals surface area contributed by atoms with E-state index in [1.54, 1.807) is 0 Å². The first-order chi connectivity index (χ1) is 7.88. The molecular formula is C12H11F3O2. The standard InChI is InChI=1S/C12H11F3O2/c13-12(14,15)9-5-2-1-4-8(9)11(10(16)17)6-3-7-11/h1-2,4-5H,3,6-7H2,(H,16,17). The van der Waals surface area contributed by atoms with Crippen LogP contribution in [0, 0.1) is 0 Å². The fourth-order valence-electron chi connectivity index (χ4n) is 2.28. The van der Waals surface area contributed by atoms with Crippen LogP contribution >= 0.6 is 0 Å². The molecule has 5 heteroatoms. The summed E-state index contributed by atoms with van der Waals surface area (Å²) in [6, 6.07) is 4.95. The minimum atomic E-state index is -4.51. The molecule has 0 aromatic heterocycles. The molecule has 0 heterocycles. The van der Waals surface area contributed by atoms with Crippen molar-refractivity contribution in [2.75, 3.05) is 0 Å². The molecule has 1 aromatic carbocycles. The number of benzene rings is 1. The quantitative estimate of drug-likeness (QED) is 0.867. The summed E-state index contributed by atoms with van der Waals surface area (Å²) in [4.78, 5) is 11.2. The smallest absolute Gasteiger partial charge is 0.416 e. The van der Waals surface area contributed by atoms with Crippen LogP contribution in [-0.4, -0.2) is 11.1 Å². The summed E-state index contributed by atoms with van der Waals surface area (Å²) in [5, 5.41) is 9.16. The van der Waals surface area contributed by atoms with Crippen molar-refractivity contribution < 1.29 is 23.1 Å². The van der Waals surface area contributed by atoms with Crippen LogP contribution in [0.15, 0.2) is 24.3 Å². The molecule has 0 aliphatic heterocycles. The van der Waals surface area contributed by atoms with Gasteiger partial charge in [-0.15, -0.1) is 0 Å². The van der Waals surface area contributed by atoms with Gasteiger partial charge in [-0.05, 0) is 24.5 Å². The van der Waals surface area contributed by atoms with Crippen LogP contribution in [0.25, 0.3) is 0 Å². The molecule has 0 saturated heterocycles. The lowest BCUT2D eigenvalue weighted by Crippen LogP contribution is -2.43. The van der Waals surface area contributed by atoms with Gasteiger partial charge in [0.15, 0.2) is 0 Å². The van der Waals surface area contributed by atoms with E-state index in [0.717, 1.165) is 6.07 Å². The average molecular weight is 244 g/mol. The maximum Gasteiger partial charge on any atom is 0.416 e. The summed E-state index contributed by atoms with van der Waals surface area (Å²) in [7, 11) is 0. The van der Waals surface area contributed by atoms with Crippen LogP contribution in [0.1, 0.15) is 30.4 Å². The number of hydrogen-bond acceptors (Lipinski definition) is 1. The first-order valence-electron chi connectivity index (χ1n) is 5.28. The number of aliphatic carboxylic acids is 1. The Morgan fingerprint density at radius 2 is 1.82 bits per heavy atom. The van der Waals surface area contributed by atoms with Gasteiger partial charge in [-0.2, -0.15) is 13.2 Å². The molecule has 1 fully saturated rings. The van der Waals surface area contributed by atoms with E-state index < -0.39 is 23.1 Å². The molecule has 0 amide bonds. The third-order valence-electron chi connectivity index (χ3n) is 3.36. The van der Waals surface area contributed by atoms with Crippen LogP contribution < -0.4 is 0 Å². The molecule has 0 radical (unpaired) electrons. The zero-order chi connectivity index (χ0) is 12.7. The highest BCUT2D eigenvalue weighted by molar-refractivity contribution is 5.83. The van der Waals surface area contributed by atoms with Gasteiger partial charge in [0.1, 0.15) is 0 Å². The van der Waals surface area contributed by atoms with Crippen LogP contribution in [-0.2, 0) is 16.4 Å². The van der Waals surface area contributed by atoms with Crippen LogP contribution in [0.2, 0.25) is 0 Å². The largest absolute Gasteiger partial charge is 0.481 e. The molecule has 0 unspecified atom stereocenters. The predicted octanol–water partition coefficient (Wildman–Crippen LogP) is 3.21. The van der Waals surface area contributed by atoms with E-state index in [4.69, 9.17) is 5.11 Å². The molecule has 2 rings (SSSR count). The number of carboxylic acids is 1. The van der Waals surface area contributed by atoms with Crippen molar-refractivity contribution in [3.8, 4) is 0 Å². The molecule has 1 saturated carbocycles. The Hall–Kier alpha value is -1.52. The Morgan fingerprint density at radius 3 is 2.24 bits per heavy atom. The Bertz CT molecular complexity index is 447. The summed E-state index contributed by atoms with van der Waals surface area (Å²) in [6.07, 6.45) is -3.31. The average Bonchev–Trinajstić information content (AvgIpc) is 2.14. The summed E-state index contributed by atoms with van der Waals surface area (Å²) in [5.41, 5.74) is -2.28. The van der Waals surface area contributed by atoms with Crippen molar-refractivity contribution in [2.45, 2.75) is 30.9 Å². The molecule has 0 bridgehead atoms. The van der Waals surface area contributed by atoms with E-state index in [2.05, 4.69) is 0 Å². The highest BCUT2D eigenvalue weighted by atomic mass is 19.4. The summed E-state index contributed by atoms with van der Waals surface area (Å²) in [6.45, 7) is 0. The lowest BCUT2D eigenvalue weighted by atomic mass is 9.63. The molecule has 1 N–H and O–H groups in total. The van der Waals surface area contributed by atoms with Crippen molar-refractivity contribution in [3.05, 3.63) is 35.4 Å². The van der Waals surface area contributed by atoms with E-state index >= 15 is 0 Å². The lowest BCUT2D eigenvalue weighted by molar-refractivity contribution is -0.149. The molecule has 1 aliphatic rings. The highest BCUT2D eigenvalue weighted by Gasteiger charge is 2.50. The van der Waals surface area contributed by atoms with Gasteiger partial charge in [-0.1, -0.05) is 24.6 Å². The van der Waals surface area contributed by atoms with Gasteiger partial charge in [0.2, 0.25) is 0 Å². The second kappa shape index (κ2) is 3.75. The van der Waals surface area contributed by atoms with Crippen LogP contribution in [0.4, 0.5) is 13.2 Å². The van der Waals surface area contributed by atoms with Gasteiger partial charge in [0, 0.05) is 0 Å². The normalized spacial score (nSPS) is 18.5. The molecule has 0 spiro atoms. The Balaban J connectivity index is 2.56. The maximum absolute atomic E-state index is 12.8. The van der Waals surface area contributed by atoms with E-state index in [1.807, 2.05) is 0 Å². The Labute approximate surface area is 96.1 Å². The first kappa shape index (κ1) is 12.0. The van der Waals surface area contributed by atoms with Gasteiger partial charge in [-0.3, -0.25) is 4.79 Å². The van der Waals surface area contributed by atoms with E-state index in [0.29, 0.717) is 6.42 Å². The predicted molar refractivity (Wildman–Crippen MR) is 54.6 cm³/mol. The van der Waals surface area contributed by atoms with E-state index in [-0.39, 0.29) is 18.4 Å². The van der Waals surface area contributed by atoms with Crippen molar-refractivity contribution in [1.82, 2.24) is 0 Å². The number of rotatable bonds is 2. The fraction of sp³-hybridized carbons (Fsp3) is 0.417. The zero-order valence-corrected chi connectivity index (χ0v) is 8.92. The first-order valence-corrected chi connectivity index (χ1v) is 5.28. The number of carboxylic acid groups (broad SMARTS) is 1. The molecule has 1 aromatic rings. The highest BCUT2D eigenvalue weighted by Crippen LogP contribution is 2.48. The molecule has 92 valence electrons. The minimum absolute atomic E-state index is 0.105. The Kier molecular flexibility index (Phi) is 2.64. The second-order valence-corrected chi connectivity index (χ2v) is 4.28. The van der Waals surface area contributed by atoms with Gasteiger partial charge >= 0.3 is 12.1 Å². The van der Waals surface area contributed by atoms with Gasteiger partial charge in [-0.25, -0.2) is 0 Å². The van der Waals surface area contributed by atoms with Crippen molar-refractivity contribution >= 4 is 5.97 Å². The summed E-state index contributed by atoms with van der Waals surface area (Å²) >= 11 is 0. The third kappa shape index (κ3) is 1.79. The number of hydrogen-bond donors (Lipinski definition) is 1. The minimum Gasteiger partial charge on any atom is -0.481 e. The topological polar surface area (TPSA) is 37.3 Å². The van der Waals surface area contributed by atoms with E-state index in [1.165, 1.54) is 18.2 Å². The van der Waals surface area contributed by atoms with Gasteiger partial charge in [0.25, 0.3) is 0 Å². The van der Waals surface area contributed by atoms with Gasteiger partial charge in [0.05, 0.1) is 11.0 Å². The second-order valence-electron chi connectivity index (χ2n) is 4.28. The number of halogens is 3. The Morgan fingerprint density at radius 1 is 1.24 bits per heavy atom. The SMILES string of the molecule is O=C(O)C1(c2ccccc2C(F)(F)F)CCC1. The van der Waals surface area contributed by atoms with Crippen molar-refractivity contribution in [1.29, 1.82) is 0 Å². The summed E-state index contributed by atoms with van der Waals surface area (Å²) in [5.74, 6) is -1.17. The molecule has 1 aliphatic carbocycles. The van der Waals surface area contributed by atoms with Gasteiger partial charge < -0.3 is 5.11 Å². The van der Waals surface area contributed by atoms with E-state index in [9.17, 15) is 18.0 Å². The van der Waals surface area contributed by atoms with Crippen LogP contribution in [0.3, 0.4) is 0 Å². The molecule has 17 heavy (non-hydrogen) atoms. The zero-order valence-electron chi connectivity index (χ0n) is 8.92. The monoisotopic (exact) mass is 244 g/mol. The fourth-order valence-corrected chi connectivity index (χ4v) is 2.28. The van der Waals surface area contributed by atoms with Crippen molar-refractivity contribution in [2.24, 2.45) is 0 Å². The molecular weight excluding hydrogens is 233 g/mol. The summed E-state index contributed by atoms with van der Waals surface area (Å²) < 4.78 is 38.4. The number of carbonyl (C=O) groups is 1.